The average Bonchev–Trinajstić information content (AvgIpc) is 2.52. The van der Waals surface area contributed by atoms with Gasteiger partial charge in [-0.2, -0.15) is 0 Å². The number of carbonyl (C=O) groups is 2. The molecule has 0 fully saturated rings. The highest BCUT2D eigenvalue weighted by Crippen LogP contribution is 2.16. The first-order valence-corrected chi connectivity index (χ1v) is 7.23. The summed E-state index contributed by atoms with van der Waals surface area (Å²) in [5.74, 6) is -1.37. The van der Waals surface area contributed by atoms with E-state index >= 15 is 0 Å². The number of aliphatic hydroxyl groups is 2. The first-order chi connectivity index (χ1) is 10.5. The average molecular weight is 310 g/mol. The topological polar surface area (TPSA) is 93.1 Å². The van der Waals surface area contributed by atoms with E-state index in [1.807, 2.05) is 6.92 Å². The van der Waals surface area contributed by atoms with Crippen LogP contribution in [0, 0.1) is 6.92 Å². The summed E-state index contributed by atoms with van der Waals surface area (Å²) in [4.78, 5) is 24.2. The predicted octanol–water partition coefficient (Wildman–Crippen LogP) is 1.46. The van der Waals surface area contributed by atoms with Gasteiger partial charge in [0.25, 0.3) is 0 Å². The molecule has 1 aromatic carbocycles. The maximum atomic E-state index is 12.1. The van der Waals surface area contributed by atoms with Crippen molar-refractivity contribution in [2.45, 2.75) is 32.8 Å². The van der Waals surface area contributed by atoms with Crippen LogP contribution in [0.2, 0.25) is 0 Å². The molecule has 0 heterocycles. The molecule has 1 aromatic rings. The molecule has 0 amide bonds. The van der Waals surface area contributed by atoms with Crippen LogP contribution in [0.15, 0.2) is 18.2 Å². The highest BCUT2D eigenvalue weighted by atomic mass is 16.6. The summed E-state index contributed by atoms with van der Waals surface area (Å²) in [5.41, 5.74) is 0.981. The lowest BCUT2D eigenvalue weighted by molar-refractivity contribution is -0.00572. The van der Waals surface area contributed by atoms with Gasteiger partial charge in [0.2, 0.25) is 0 Å². The van der Waals surface area contributed by atoms with Crippen molar-refractivity contribution in [1.29, 1.82) is 0 Å². The van der Waals surface area contributed by atoms with Crippen LogP contribution < -0.4 is 0 Å². The van der Waals surface area contributed by atoms with Crippen LogP contribution in [0.3, 0.4) is 0 Å². The monoisotopic (exact) mass is 310 g/mol. The van der Waals surface area contributed by atoms with E-state index in [-0.39, 0.29) is 17.7 Å². The molecule has 0 aliphatic rings. The molecule has 0 spiro atoms. The lowest BCUT2D eigenvalue weighted by Gasteiger charge is -2.14. The van der Waals surface area contributed by atoms with Crippen molar-refractivity contribution in [2.24, 2.45) is 0 Å². The summed E-state index contributed by atoms with van der Waals surface area (Å²) in [6.45, 7) is 3.07. The van der Waals surface area contributed by atoms with E-state index < -0.39 is 31.3 Å². The van der Waals surface area contributed by atoms with Crippen molar-refractivity contribution in [2.75, 3.05) is 19.8 Å². The Morgan fingerprint density at radius 1 is 1.14 bits per heavy atom. The molecule has 0 aliphatic carbocycles. The smallest absolute Gasteiger partial charge is 0.339 e. The van der Waals surface area contributed by atoms with Gasteiger partial charge in [-0.25, -0.2) is 9.59 Å². The zero-order valence-corrected chi connectivity index (χ0v) is 12.9. The fraction of sp³-hybridized carbons (Fsp3) is 0.500. The maximum absolute atomic E-state index is 12.1. The van der Waals surface area contributed by atoms with E-state index in [4.69, 9.17) is 19.7 Å². The summed E-state index contributed by atoms with van der Waals surface area (Å²) < 4.78 is 10.1. The zero-order chi connectivity index (χ0) is 16.5. The number of esters is 2. The molecule has 0 aliphatic heterocycles. The highest BCUT2D eigenvalue weighted by molar-refractivity contribution is 6.03. The minimum absolute atomic E-state index is 0.0546. The van der Waals surface area contributed by atoms with E-state index in [9.17, 15) is 9.59 Å². The van der Waals surface area contributed by atoms with Gasteiger partial charge >= 0.3 is 11.9 Å². The predicted molar refractivity (Wildman–Crippen MR) is 79.7 cm³/mol. The number of benzene rings is 1. The molecule has 0 unspecified atom stereocenters. The first kappa shape index (κ1) is 18.1. The van der Waals surface area contributed by atoms with Gasteiger partial charge < -0.3 is 19.7 Å². The van der Waals surface area contributed by atoms with Crippen LogP contribution in [-0.4, -0.2) is 48.1 Å². The molecule has 6 heteroatoms. The third kappa shape index (κ3) is 5.13. The number of aryl methyl sites for hydroxylation is 1. The van der Waals surface area contributed by atoms with E-state index in [0.717, 1.165) is 18.4 Å². The fourth-order valence-electron chi connectivity index (χ4n) is 1.74. The summed E-state index contributed by atoms with van der Waals surface area (Å²) in [6, 6.07) is 4.70. The molecule has 0 radical (unpaired) electrons. The third-order valence-electron chi connectivity index (χ3n) is 3.03. The molecule has 0 aromatic heterocycles. The second-order valence-electron chi connectivity index (χ2n) is 4.93. The van der Waals surface area contributed by atoms with Gasteiger partial charge in [-0.15, -0.1) is 0 Å². The minimum atomic E-state index is -1.02. The number of rotatable bonds is 8. The van der Waals surface area contributed by atoms with Crippen molar-refractivity contribution in [3.05, 3.63) is 34.9 Å². The van der Waals surface area contributed by atoms with Crippen molar-refractivity contribution >= 4 is 11.9 Å². The van der Waals surface area contributed by atoms with Crippen LogP contribution in [0.4, 0.5) is 0 Å². The largest absolute Gasteiger partial charge is 0.462 e. The molecule has 0 saturated heterocycles. The second kappa shape index (κ2) is 9.17. The Morgan fingerprint density at radius 2 is 1.82 bits per heavy atom. The van der Waals surface area contributed by atoms with Gasteiger partial charge in [0.05, 0.1) is 30.9 Å². The van der Waals surface area contributed by atoms with Crippen molar-refractivity contribution in [1.82, 2.24) is 0 Å². The Labute approximate surface area is 129 Å². The normalized spacial score (nSPS) is 10.6. The summed E-state index contributed by atoms with van der Waals surface area (Å²) in [5, 5.41) is 17.9. The standard InChI is InChI=1S/C16H22O6/c1-3-4-7-21-15(19)14-8-11(2)5-6-13(14)16(20)22-12(9-17)10-18/h5-6,8,12,17-18H,3-4,7,9-10H2,1-2H3. The van der Waals surface area contributed by atoms with Crippen LogP contribution in [0.25, 0.3) is 0 Å². The molecule has 0 bridgehead atoms. The minimum Gasteiger partial charge on any atom is -0.462 e. The summed E-state index contributed by atoms with van der Waals surface area (Å²) in [7, 11) is 0. The summed E-state index contributed by atoms with van der Waals surface area (Å²) in [6.07, 6.45) is 0.622. The van der Waals surface area contributed by atoms with Crippen LogP contribution in [0.5, 0.6) is 0 Å². The van der Waals surface area contributed by atoms with Gasteiger partial charge in [-0.1, -0.05) is 25.0 Å². The maximum Gasteiger partial charge on any atom is 0.339 e. The van der Waals surface area contributed by atoms with E-state index in [2.05, 4.69) is 0 Å². The number of ether oxygens (including phenoxy) is 2. The zero-order valence-electron chi connectivity index (χ0n) is 12.9. The first-order valence-electron chi connectivity index (χ1n) is 7.23. The van der Waals surface area contributed by atoms with Gasteiger partial charge in [-0.05, 0) is 25.5 Å². The SMILES string of the molecule is CCCCOC(=O)c1cc(C)ccc1C(=O)OC(CO)CO. The Hall–Kier alpha value is -1.92. The van der Waals surface area contributed by atoms with Gasteiger partial charge in [0, 0.05) is 0 Å². The number of hydrogen-bond donors (Lipinski definition) is 2. The second-order valence-corrected chi connectivity index (χ2v) is 4.93. The lowest BCUT2D eigenvalue weighted by Crippen LogP contribution is -2.26. The van der Waals surface area contributed by atoms with Gasteiger partial charge in [0.1, 0.15) is 6.10 Å². The van der Waals surface area contributed by atoms with E-state index in [0.29, 0.717) is 0 Å². The Balaban J connectivity index is 2.94. The van der Waals surface area contributed by atoms with E-state index in [1.54, 1.807) is 19.1 Å². The molecule has 0 atom stereocenters. The van der Waals surface area contributed by atoms with E-state index in [1.165, 1.54) is 6.07 Å². The number of hydrogen-bond acceptors (Lipinski definition) is 6. The Bertz CT molecular complexity index is 507. The lowest BCUT2D eigenvalue weighted by atomic mass is 10.0. The highest BCUT2D eigenvalue weighted by Gasteiger charge is 2.22. The van der Waals surface area contributed by atoms with Crippen LogP contribution in [-0.2, 0) is 9.47 Å². The van der Waals surface area contributed by atoms with Gasteiger partial charge in [-0.3, -0.25) is 0 Å². The fourth-order valence-corrected chi connectivity index (χ4v) is 1.74. The quantitative estimate of drug-likeness (QED) is 0.558. The molecule has 1 rings (SSSR count). The van der Waals surface area contributed by atoms with Crippen molar-refractivity contribution < 1.29 is 29.3 Å². The molecular weight excluding hydrogens is 288 g/mol. The molecule has 22 heavy (non-hydrogen) atoms. The molecule has 0 saturated carbocycles. The van der Waals surface area contributed by atoms with Crippen molar-refractivity contribution in [3.8, 4) is 0 Å². The third-order valence-corrected chi connectivity index (χ3v) is 3.03. The van der Waals surface area contributed by atoms with Crippen LogP contribution in [0.1, 0.15) is 46.0 Å². The Morgan fingerprint density at radius 3 is 2.41 bits per heavy atom. The number of aliphatic hydroxyl groups excluding tert-OH is 2. The molecule has 2 N–H and O–H groups in total. The summed E-state index contributed by atoms with van der Waals surface area (Å²) >= 11 is 0. The number of carbonyl (C=O) groups excluding carboxylic acids is 2. The molecule has 6 nitrogen and oxygen atoms in total. The van der Waals surface area contributed by atoms with Gasteiger partial charge in [0.15, 0.2) is 0 Å². The molecular formula is C16H22O6. The molecule has 122 valence electrons. The number of unbranched alkanes of at least 4 members (excludes halogenated alkanes) is 1. The van der Waals surface area contributed by atoms with Crippen LogP contribution >= 0.6 is 0 Å². The van der Waals surface area contributed by atoms with Crippen molar-refractivity contribution in [3.63, 3.8) is 0 Å². The Kier molecular flexibility index (Phi) is 7.56.